The Kier molecular flexibility index (Phi) is 4.84. The number of hydrogen-bond donors (Lipinski definition) is 2. The van der Waals surface area contributed by atoms with Gasteiger partial charge in [-0.3, -0.25) is 4.79 Å². The molecule has 2 aromatic rings. The molecule has 0 aliphatic rings. The van der Waals surface area contributed by atoms with E-state index in [4.69, 9.17) is 5.73 Å². The summed E-state index contributed by atoms with van der Waals surface area (Å²) in [7, 11) is 0. The lowest BCUT2D eigenvalue weighted by molar-refractivity contribution is -0.0498. The van der Waals surface area contributed by atoms with Crippen LogP contribution in [0.4, 0.5) is 14.5 Å². The molecule has 3 N–H and O–H groups in total. The molecule has 6 heteroatoms. The van der Waals surface area contributed by atoms with Crippen molar-refractivity contribution in [3.8, 4) is 5.75 Å². The lowest BCUT2D eigenvalue weighted by Crippen LogP contribution is -2.12. The number of nitrogens with one attached hydrogen (secondary N) is 1. The lowest BCUT2D eigenvalue weighted by atomic mass is 10.2. The molecule has 21 heavy (non-hydrogen) atoms. The number of anilines is 1. The summed E-state index contributed by atoms with van der Waals surface area (Å²) in [5.74, 6) is -0.326. The normalized spacial score (nSPS) is 10.5. The summed E-state index contributed by atoms with van der Waals surface area (Å²) < 4.78 is 28.3. The SMILES string of the molecule is NCc1ccc(NC(=O)c2ccc(OC(F)F)cc2)cc1. The Morgan fingerprint density at radius 1 is 1.10 bits per heavy atom. The van der Waals surface area contributed by atoms with Crippen LogP contribution in [0.1, 0.15) is 15.9 Å². The molecule has 0 spiro atoms. The number of nitrogens with two attached hydrogens (primary N) is 1. The van der Waals surface area contributed by atoms with E-state index >= 15 is 0 Å². The second-order valence-corrected chi connectivity index (χ2v) is 4.26. The number of amides is 1. The molecule has 0 saturated heterocycles. The maximum absolute atomic E-state index is 12.0. The highest BCUT2D eigenvalue weighted by Gasteiger charge is 2.08. The molecule has 0 bridgehead atoms. The molecule has 0 saturated carbocycles. The number of ether oxygens (including phenoxy) is 1. The number of benzene rings is 2. The van der Waals surface area contributed by atoms with Crippen LogP contribution in [0.25, 0.3) is 0 Å². The van der Waals surface area contributed by atoms with Crippen LogP contribution >= 0.6 is 0 Å². The molecular weight excluding hydrogens is 278 g/mol. The number of hydrogen-bond acceptors (Lipinski definition) is 3. The van der Waals surface area contributed by atoms with Crippen molar-refractivity contribution in [1.82, 2.24) is 0 Å². The average molecular weight is 292 g/mol. The van der Waals surface area contributed by atoms with Crippen molar-refractivity contribution in [2.75, 3.05) is 5.32 Å². The molecule has 0 aliphatic heterocycles. The van der Waals surface area contributed by atoms with Crippen LogP contribution in [0.3, 0.4) is 0 Å². The molecule has 0 heterocycles. The molecular formula is C15H14F2N2O2. The van der Waals surface area contributed by atoms with Crippen LogP contribution in [0.5, 0.6) is 5.75 Å². The molecule has 0 fully saturated rings. The third kappa shape index (κ3) is 4.25. The predicted molar refractivity (Wildman–Crippen MR) is 75.4 cm³/mol. The van der Waals surface area contributed by atoms with Crippen LogP contribution in [0.2, 0.25) is 0 Å². The Labute approximate surface area is 120 Å². The number of carbonyl (C=O) groups is 1. The molecule has 0 aromatic heterocycles. The van der Waals surface area contributed by atoms with Crippen LogP contribution in [0, 0.1) is 0 Å². The highest BCUT2D eigenvalue weighted by Crippen LogP contribution is 2.16. The number of rotatable bonds is 5. The number of halogens is 2. The van der Waals surface area contributed by atoms with Crippen molar-refractivity contribution in [3.63, 3.8) is 0 Å². The van der Waals surface area contributed by atoms with Crippen LogP contribution in [-0.4, -0.2) is 12.5 Å². The van der Waals surface area contributed by atoms with Gasteiger partial charge >= 0.3 is 6.61 Å². The van der Waals surface area contributed by atoms with Gasteiger partial charge in [0.05, 0.1) is 0 Å². The molecule has 0 aliphatic carbocycles. The fourth-order valence-electron chi connectivity index (χ4n) is 1.72. The van der Waals surface area contributed by atoms with E-state index < -0.39 is 6.61 Å². The maximum Gasteiger partial charge on any atom is 0.387 e. The summed E-state index contributed by atoms with van der Waals surface area (Å²) >= 11 is 0. The molecule has 0 unspecified atom stereocenters. The van der Waals surface area contributed by atoms with E-state index in [9.17, 15) is 13.6 Å². The fourth-order valence-corrected chi connectivity index (χ4v) is 1.72. The molecule has 2 aromatic carbocycles. The van der Waals surface area contributed by atoms with E-state index in [2.05, 4.69) is 10.1 Å². The van der Waals surface area contributed by atoms with Gasteiger partial charge in [-0.2, -0.15) is 8.78 Å². The van der Waals surface area contributed by atoms with Crippen molar-refractivity contribution in [3.05, 3.63) is 59.7 Å². The van der Waals surface area contributed by atoms with Crippen molar-refractivity contribution in [1.29, 1.82) is 0 Å². The van der Waals surface area contributed by atoms with Gasteiger partial charge in [0.15, 0.2) is 0 Å². The van der Waals surface area contributed by atoms with Gasteiger partial charge < -0.3 is 15.8 Å². The smallest absolute Gasteiger partial charge is 0.387 e. The van der Waals surface area contributed by atoms with Gasteiger partial charge in [-0.1, -0.05) is 12.1 Å². The average Bonchev–Trinajstić information content (AvgIpc) is 2.48. The maximum atomic E-state index is 12.0. The second-order valence-electron chi connectivity index (χ2n) is 4.26. The van der Waals surface area contributed by atoms with E-state index in [-0.39, 0.29) is 11.7 Å². The molecule has 0 atom stereocenters. The van der Waals surface area contributed by atoms with Gasteiger partial charge in [-0.25, -0.2) is 0 Å². The zero-order chi connectivity index (χ0) is 15.2. The molecule has 4 nitrogen and oxygen atoms in total. The topological polar surface area (TPSA) is 64.3 Å². The van der Waals surface area contributed by atoms with E-state index in [1.807, 2.05) is 12.1 Å². The zero-order valence-corrected chi connectivity index (χ0v) is 11.1. The third-order valence-electron chi connectivity index (χ3n) is 2.79. The Balaban J connectivity index is 2.02. The lowest BCUT2D eigenvalue weighted by Gasteiger charge is -2.07. The van der Waals surface area contributed by atoms with E-state index in [1.165, 1.54) is 24.3 Å². The quantitative estimate of drug-likeness (QED) is 0.890. The summed E-state index contributed by atoms with van der Waals surface area (Å²) in [6.45, 7) is -2.45. The van der Waals surface area contributed by atoms with Crippen molar-refractivity contribution < 1.29 is 18.3 Å². The molecule has 0 radical (unpaired) electrons. The first-order valence-electron chi connectivity index (χ1n) is 6.23. The fraction of sp³-hybridized carbons (Fsp3) is 0.133. The largest absolute Gasteiger partial charge is 0.435 e. The molecule has 2 rings (SSSR count). The van der Waals surface area contributed by atoms with Crippen LogP contribution in [-0.2, 0) is 6.54 Å². The highest BCUT2D eigenvalue weighted by atomic mass is 19.3. The minimum absolute atomic E-state index is 0.00819. The van der Waals surface area contributed by atoms with Gasteiger partial charge in [0.2, 0.25) is 0 Å². The van der Waals surface area contributed by atoms with Gasteiger partial charge in [0.25, 0.3) is 5.91 Å². The molecule has 1 amide bonds. The standard InChI is InChI=1S/C15H14F2N2O2/c16-15(17)21-13-7-3-11(4-8-13)14(20)19-12-5-1-10(9-18)2-6-12/h1-8,15H,9,18H2,(H,19,20). The Hall–Kier alpha value is -2.47. The summed E-state index contributed by atoms with van der Waals surface area (Å²) in [5, 5.41) is 2.70. The number of alkyl halides is 2. The Morgan fingerprint density at radius 3 is 2.24 bits per heavy atom. The summed E-state index contributed by atoms with van der Waals surface area (Å²) in [6, 6.07) is 12.6. The Morgan fingerprint density at radius 2 is 1.71 bits per heavy atom. The minimum Gasteiger partial charge on any atom is -0.435 e. The monoisotopic (exact) mass is 292 g/mol. The van der Waals surface area contributed by atoms with Gasteiger partial charge in [-0.05, 0) is 42.0 Å². The van der Waals surface area contributed by atoms with Crippen molar-refractivity contribution >= 4 is 11.6 Å². The van der Waals surface area contributed by atoms with E-state index in [1.54, 1.807) is 12.1 Å². The summed E-state index contributed by atoms with van der Waals surface area (Å²) in [5.41, 5.74) is 7.42. The van der Waals surface area contributed by atoms with Crippen LogP contribution < -0.4 is 15.8 Å². The predicted octanol–water partition coefficient (Wildman–Crippen LogP) is 3.00. The Bertz CT molecular complexity index is 598. The third-order valence-corrected chi connectivity index (χ3v) is 2.79. The van der Waals surface area contributed by atoms with E-state index in [0.717, 1.165) is 5.56 Å². The van der Waals surface area contributed by atoms with Crippen molar-refractivity contribution in [2.45, 2.75) is 13.2 Å². The summed E-state index contributed by atoms with van der Waals surface area (Å²) in [4.78, 5) is 12.0. The first-order valence-corrected chi connectivity index (χ1v) is 6.23. The summed E-state index contributed by atoms with van der Waals surface area (Å²) in [6.07, 6.45) is 0. The van der Waals surface area contributed by atoms with Gasteiger partial charge in [-0.15, -0.1) is 0 Å². The minimum atomic E-state index is -2.88. The first kappa shape index (κ1) is 14.9. The highest BCUT2D eigenvalue weighted by molar-refractivity contribution is 6.04. The van der Waals surface area contributed by atoms with Gasteiger partial charge in [0.1, 0.15) is 5.75 Å². The van der Waals surface area contributed by atoms with Crippen molar-refractivity contribution in [2.24, 2.45) is 5.73 Å². The molecule has 110 valence electrons. The van der Waals surface area contributed by atoms with Gasteiger partial charge in [0, 0.05) is 17.8 Å². The first-order chi connectivity index (χ1) is 10.1. The van der Waals surface area contributed by atoms with E-state index in [0.29, 0.717) is 17.8 Å². The number of carbonyl (C=O) groups excluding carboxylic acids is 1. The van der Waals surface area contributed by atoms with Crippen LogP contribution in [0.15, 0.2) is 48.5 Å². The zero-order valence-electron chi connectivity index (χ0n) is 11.1. The second kappa shape index (κ2) is 6.81.